The molecule has 0 saturated carbocycles. The van der Waals surface area contributed by atoms with E-state index in [2.05, 4.69) is 0 Å². The van der Waals surface area contributed by atoms with Crippen LogP contribution in [0.2, 0.25) is 0 Å². The highest BCUT2D eigenvalue weighted by atomic mass is 16.6. The van der Waals surface area contributed by atoms with E-state index in [1.807, 2.05) is 0 Å². The second kappa shape index (κ2) is 4.91. The summed E-state index contributed by atoms with van der Waals surface area (Å²) in [6.45, 7) is 5.81. The molecule has 6 heteroatoms. The van der Waals surface area contributed by atoms with Gasteiger partial charge < -0.3 is 19.5 Å². The van der Waals surface area contributed by atoms with Crippen LogP contribution in [0.4, 0.5) is 4.79 Å². The minimum absolute atomic E-state index is 0.438. The van der Waals surface area contributed by atoms with E-state index in [1.54, 1.807) is 20.8 Å². The number of ether oxygens (including phenoxy) is 2. The van der Waals surface area contributed by atoms with Gasteiger partial charge in [0.15, 0.2) is 6.10 Å². The van der Waals surface area contributed by atoms with E-state index in [1.165, 1.54) is 12.0 Å². The smallest absolute Gasteiger partial charge is 0.410 e. The van der Waals surface area contributed by atoms with Crippen molar-refractivity contribution in [2.75, 3.05) is 13.7 Å². The minimum Gasteiger partial charge on any atom is -0.479 e. The van der Waals surface area contributed by atoms with Gasteiger partial charge in [-0.2, -0.15) is 0 Å². The van der Waals surface area contributed by atoms with Gasteiger partial charge >= 0.3 is 12.1 Å². The number of hydrogen-bond donors (Lipinski definition) is 1. The summed E-state index contributed by atoms with van der Waals surface area (Å²) < 4.78 is 10.1. The van der Waals surface area contributed by atoms with Gasteiger partial charge in [0, 0.05) is 13.7 Å². The average molecular weight is 245 g/mol. The summed E-state index contributed by atoms with van der Waals surface area (Å²) in [6.07, 6.45) is -0.863. The van der Waals surface area contributed by atoms with Crippen LogP contribution in [0.25, 0.3) is 0 Å². The number of aliphatic carboxylic acids is 1. The molecular weight excluding hydrogens is 226 g/mol. The standard InChI is InChI=1S/C11H19NO5/c1-11(2,3)17-10(15)12-6-5-7(12)8(16-4)9(13)14/h7-8H,5-6H2,1-4H3,(H,13,14)/t7?,8-/m0/s1. The van der Waals surface area contributed by atoms with Crippen molar-refractivity contribution in [3.05, 3.63) is 0 Å². The topological polar surface area (TPSA) is 76.1 Å². The number of carbonyl (C=O) groups excluding carboxylic acids is 1. The van der Waals surface area contributed by atoms with Crippen LogP contribution in [0.3, 0.4) is 0 Å². The first-order chi connectivity index (χ1) is 7.76. The molecule has 0 aromatic carbocycles. The van der Waals surface area contributed by atoms with Gasteiger partial charge in [-0.05, 0) is 27.2 Å². The van der Waals surface area contributed by atoms with Gasteiger partial charge in [0.25, 0.3) is 0 Å². The van der Waals surface area contributed by atoms with Crippen LogP contribution in [0, 0.1) is 0 Å². The van der Waals surface area contributed by atoms with Crippen molar-refractivity contribution in [3.8, 4) is 0 Å². The molecule has 1 fully saturated rings. The molecule has 0 bridgehead atoms. The molecule has 1 N–H and O–H groups in total. The minimum atomic E-state index is -1.06. The van der Waals surface area contributed by atoms with Crippen LogP contribution < -0.4 is 0 Å². The second-order valence-corrected chi connectivity index (χ2v) is 5.02. The summed E-state index contributed by atoms with van der Waals surface area (Å²) in [4.78, 5) is 24.1. The molecule has 1 aliphatic heterocycles. The van der Waals surface area contributed by atoms with Gasteiger partial charge in [-0.3, -0.25) is 0 Å². The number of amides is 1. The molecule has 0 aliphatic carbocycles. The Morgan fingerprint density at radius 2 is 2.00 bits per heavy atom. The highest BCUT2D eigenvalue weighted by molar-refractivity contribution is 5.76. The van der Waals surface area contributed by atoms with E-state index in [0.717, 1.165) is 0 Å². The van der Waals surface area contributed by atoms with E-state index in [4.69, 9.17) is 14.6 Å². The van der Waals surface area contributed by atoms with E-state index in [-0.39, 0.29) is 0 Å². The summed E-state index contributed by atoms with van der Waals surface area (Å²) in [5.74, 6) is -1.06. The summed E-state index contributed by atoms with van der Waals surface area (Å²) in [5.41, 5.74) is -0.580. The first-order valence-electron chi connectivity index (χ1n) is 5.51. The number of hydrogen-bond acceptors (Lipinski definition) is 4. The summed E-state index contributed by atoms with van der Waals surface area (Å²) in [7, 11) is 1.32. The van der Waals surface area contributed by atoms with E-state index < -0.39 is 29.8 Å². The molecule has 98 valence electrons. The van der Waals surface area contributed by atoms with Crippen LogP contribution >= 0.6 is 0 Å². The SMILES string of the molecule is CO[C@H](C(=O)O)C1CCN1C(=O)OC(C)(C)C. The third-order valence-corrected chi connectivity index (χ3v) is 2.54. The fourth-order valence-electron chi connectivity index (χ4n) is 1.69. The lowest BCUT2D eigenvalue weighted by Gasteiger charge is -2.43. The fourth-order valence-corrected chi connectivity index (χ4v) is 1.69. The monoisotopic (exact) mass is 245 g/mol. The van der Waals surface area contributed by atoms with Crippen molar-refractivity contribution in [1.82, 2.24) is 4.90 Å². The van der Waals surface area contributed by atoms with Crippen molar-refractivity contribution in [2.45, 2.75) is 44.9 Å². The van der Waals surface area contributed by atoms with Crippen molar-refractivity contribution in [3.63, 3.8) is 0 Å². The largest absolute Gasteiger partial charge is 0.479 e. The highest BCUT2D eigenvalue weighted by Crippen LogP contribution is 2.25. The molecule has 17 heavy (non-hydrogen) atoms. The lowest BCUT2D eigenvalue weighted by Crippen LogP contribution is -2.60. The summed E-state index contributed by atoms with van der Waals surface area (Å²) >= 11 is 0. The van der Waals surface area contributed by atoms with E-state index in [9.17, 15) is 9.59 Å². The van der Waals surface area contributed by atoms with Gasteiger partial charge in [-0.15, -0.1) is 0 Å². The lowest BCUT2D eigenvalue weighted by molar-refractivity contribution is -0.156. The van der Waals surface area contributed by atoms with E-state index in [0.29, 0.717) is 13.0 Å². The number of methoxy groups -OCH3 is 1. The number of likely N-dealkylation sites (tertiary alicyclic amines) is 1. The quantitative estimate of drug-likeness (QED) is 0.805. The van der Waals surface area contributed by atoms with Crippen LogP contribution in [0.1, 0.15) is 27.2 Å². The molecule has 2 atom stereocenters. The molecule has 0 radical (unpaired) electrons. The number of nitrogens with zero attached hydrogens (tertiary/aromatic N) is 1. The normalized spacial score (nSPS) is 21.6. The fraction of sp³-hybridized carbons (Fsp3) is 0.818. The van der Waals surface area contributed by atoms with Crippen LogP contribution in [-0.2, 0) is 14.3 Å². The Bertz CT molecular complexity index is 309. The lowest BCUT2D eigenvalue weighted by atomic mass is 9.98. The first-order valence-corrected chi connectivity index (χ1v) is 5.51. The molecule has 0 aromatic rings. The predicted molar refractivity (Wildman–Crippen MR) is 59.8 cm³/mol. The Balaban J connectivity index is 2.62. The zero-order valence-corrected chi connectivity index (χ0v) is 10.6. The second-order valence-electron chi connectivity index (χ2n) is 5.02. The first kappa shape index (κ1) is 13.8. The zero-order chi connectivity index (χ0) is 13.2. The maximum Gasteiger partial charge on any atom is 0.410 e. The Kier molecular flexibility index (Phi) is 3.98. The predicted octanol–water partition coefficient (Wildman–Crippen LogP) is 1.10. The van der Waals surface area contributed by atoms with Gasteiger partial charge in [-0.1, -0.05) is 0 Å². The molecule has 1 heterocycles. The molecule has 1 aliphatic rings. The van der Waals surface area contributed by atoms with Crippen LogP contribution in [-0.4, -0.2) is 53.5 Å². The van der Waals surface area contributed by atoms with Crippen molar-refractivity contribution < 1.29 is 24.2 Å². The van der Waals surface area contributed by atoms with Crippen molar-refractivity contribution in [2.24, 2.45) is 0 Å². The molecule has 1 rings (SSSR count). The summed E-state index contributed by atoms with van der Waals surface area (Å²) in [6, 6.07) is -0.438. The summed E-state index contributed by atoms with van der Waals surface area (Å²) in [5, 5.41) is 8.94. The van der Waals surface area contributed by atoms with Crippen LogP contribution in [0.5, 0.6) is 0 Å². The molecule has 1 saturated heterocycles. The van der Waals surface area contributed by atoms with Gasteiger partial charge in [0.1, 0.15) is 5.60 Å². The van der Waals surface area contributed by atoms with Crippen molar-refractivity contribution >= 4 is 12.1 Å². The van der Waals surface area contributed by atoms with Gasteiger partial charge in [0.05, 0.1) is 6.04 Å². The number of carbonyl (C=O) groups is 2. The van der Waals surface area contributed by atoms with Gasteiger partial charge in [0.2, 0.25) is 0 Å². The Morgan fingerprint density at radius 1 is 1.41 bits per heavy atom. The third kappa shape index (κ3) is 3.33. The Hall–Kier alpha value is -1.30. The molecule has 6 nitrogen and oxygen atoms in total. The molecule has 1 amide bonds. The van der Waals surface area contributed by atoms with E-state index >= 15 is 0 Å². The molecule has 1 unspecified atom stereocenters. The zero-order valence-electron chi connectivity index (χ0n) is 10.6. The highest BCUT2D eigenvalue weighted by Gasteiger charge is 2.43. The molecule has 0 spiro atoms. The number of carboxylic acids is 1. The third-order valence-electron chi connectivity index (χ3n) is 2.54. The molecule has 0 aromatic heterocycles. The number of carboxylic acid groups (broad SMARTS) is 1. The van der Waals surface area contributed by atoms with Gasteiger partial charge in [-0.25, -0.2) is 9.59 Å². The average Bonchev–Trinajstić information content (AvgIpc) is 2.07. The van der Waals surface area contributed by atoms with Crippen LogP contribution in [0.15, 0.2) is 0 Å². The Morgan fingerprint density at radius 3 is 2.29 bits per heavy atom. The Labute approximate surface area is 100 Å². The maximum atomic E-state index is 11.7. The maximum absolute atomic E-state index is 11.7. The molecular formula is C11H19NO5. The van der Waals surface area contributed by atoms with Crippen molar-refractivity contribution in [1.29, 1.82) is 0 Å². The number of rotatable bonds is 3.